The van der Waals surface area contributed by atoms with Crippen LogP contribution in [0.5, 0.6) is 0 Å². The zero-order valence-corrected chi connectivity index (χ0v) is 15.0. The van der Waals surface area contributed by atoms with Gasteiger partial charge < -0.3 is 10.1 Å². The minimum absolute atomic E-state index is 0.131. The smallest absolute Gasteiger partial charge is 0.296 e. The number of fused-ring (bicyclic) bond motifs is 1. The van der Waals surface area contributed by atoms with E-state index in [9.17, 15) is 13.2 Å². The first-order valence-electron chi connectivity index (χ1n) is 9.12. The van der Waals surface area contributed by atoms with Crippen LogP contribution in [-0.4, -0.2) is 45.1 Å². The van der Waals surface area contributed by atoms with E-state index in [1.54, 1.807) is 24.4 Å². The molecule has 1 aromatic carbocycles. The summed E-state index contributed by atoms with van der Waals surface area (Å²) in [5.74, 6) is -2.57. The van der Waals surface area contributed by atoms with Crippen molar-refractivity contribution in [3.8, 4) is 0 Å². The van der Waals surface area contributed by atoms with Crippen LogP contribution < -0.4 is 5.32 Å². The molecular weight excluding hydrogens is 371 g/mol. The first kappa shape index (κ1) is 18.7. The fourth-order valence-corrected chi connectivity index (χ4v) is 3.46. The summed E-state index contributed by atoms with van der Waals surface area (Å²) in [5, 5.41) is 10.6. The number of rotatable bonds is 6. The van der Waals surface area contributed by atoms with Crippen LogP contribution in [0.1, 0.15) is 24.8 Å². The molecule has 4 rings (SSSR count). The highest BCUT2D eigenvalue weighted by Crippen LogP contribution is 2.32. The fourth-order valence-electron chi connectivity index (χ4n) is 3.46. The summed E-state index contributed by atoms with van der Waals surface area (Å²) in [6, 6.07) is 7.27. The van der Waals surface area contributed by atoms with E-state index in [0.29, 0.717) is 24.3 Å². The van der Waals surface area contributed by atoms with E-state index in [2.05, 4.69) is 25.5 Å². The minimum atomic E-state index is -3.15. The molecule has 3 atom stereocenters. The fraction of sp³-hybridized carbons (Fsp3) is 0.421. The van der Waals surface area contributed by atoms with Gasteiger partial charge in [-0.2, -0.15) is 13.9 Å². The molecule has 0 radical (unpaired) electrons. The second-order valence-electron chi connectivity index (χ2n) is 6.94. The average molecular weight is 391 g/mol. The molecule has 0 bridgehead atoms. The number of anilines is 1. The second kappa shape index (κ2) is 7.75. The number of hydrogen-bond donors (Lipinski definition) is 2. The van der Waals surface area contributed by atoms with E-state index < -0.39 is 24.8 Å². The van der Waals surface area contributed by atoms with Gasteiger partial charge in [0.05, 0.1) is 17.7 Å². The Morgan fingerprint density at radius 1 is 1.18 bits per heavy atom. The SMILES string of the molecule is F[C@H]1C[C@@H](Nc2ncnc3[nH]ncc23)CC[C@@H]1OCC(F)(F)c1ccccc1. The van der Waals surface area contributed by atoms with Crippen LogP contribution in [0, 0.1) is 0 Å². The Hall–Kier alpha value is -2.68. The van der Waals surface area contributed by atoms with E-state index in [4.69, 9.17) is 4.74 Å². The van der Waals surface area contributed by atoms with Crippen LogP contribution in [0.15, 0.2) is 42.9 Å². The molecule has 148 valence electrons. The molecule has 3 aromatic rings. The van der Waals surface area contributed by atoms with E-state index in [1.807, 2.05) is 0 Å². The summed E-state index contributed by atoms with van der Waals surface area (Å²) in [5.41, 5.74) is 0.461. The minimum Gasteiger partial charge on any atom is -0.369 e. The molecule has 9 heteroatoms. The monoisotopic (exact) mass is 391 g/mol. The van der Waals surface area contributed by atoms with Gasteiger partial charge in [0, 0.05) is 18.0 Å². The van der Waals surface area contributed by atoms with Crippen LogP contribution in [0.4, 0.5) is 19.0 Å². The standard InChI is InChI=1S/C19H20F3N5O/c20-15-8-13(26-17-14-9-25-27-18(14)24-11-23-17)6-7-16(15)28-10-19(21,22)12-4-2-1-3-5-12/h1-5,9,11,13,15-16H,6-8,10H2,(H2,23,24,25,26,27)/t13-,15-,16-/m0/s1. The summed E-state index contributed by atoms with van der Waals surface area (Å²) in [7, 11) is 0. The molecule has 0 aliphatic heterocycles. The van der Waals surface area contributed by atoms with E-state index in [1.165, 1.54) is 18.5 Å². The number of alkyl halides is 3. The van der Waals surface area contributed by atoms with Crippen molar-refractivity contribution in [3.63, 3.8) is 0 Å². The van der Waals surface area contributed by atoms with Crippen molar-refractivity contribution in [2.75, 3.05) is 11.9 Å². The van der Waals surface area contributed by atoms with Gasteiger partial charge in [0.1, 0.15) is 24.9 Å². The van der Waals surface area contributed by atoms with Crippen molar-refractivity contribution in [3.05, 3.63) is 48.4 Å². The lowest BCUT2D eigenvalue weighted by Crippen LogP contribution is -2.40. The van der Waals surface area contributed by atoms with Crippen LogP contribution in [0.2, 0.25) is 0 Å². The van der Waals surface area contributed by atoms with Gasteiger partial charge in [0.25, 0.3) is 5.92 Å². The molecule has 1 fully saturated rings. The van der Waals surface area contributed by atoms with E-state index >= 15 is 0 Å². The first-order valence-corrected chi connectivity index (χ1v) is 9.12. The predicted molar refractivity (Wildman–Crippen MR) is 97.9 cm³/mol. The third-order valence-electron chi connectivity index (χ3n) is 4.98. The summed E-state index contributed by atoms with van der Waals surface area (Å²) in [6.07, 6.45) is 1.92. The number of nitrogens with one attached hydrogen (secondary N) is 2. The molecular formula is C19H20F3N5O. The van der Waals surface area contributed by atoms with Crippen molar-refractivity contribution < 1.29 is 17.9 Å². The third-order valence-corrected chi connectivity index (χ3v) is 4.98. The van der Waals surface area contributed by atoms with Crippen molar-refractivity contribution in [1.29, 1.82) is 0 Å². The summed E-state index contributed by atoms with van der Waals surface area (Å²) in [4.78, 5) is 8.24. The maximum absolute atomic E-state index is 14.6. The topological polar surface area (TPSA) is 75.7 Å². The molecule has 1 aliphatic carbocycles. The molecule has 2 heterocycles. The molecule has 0 unspecified atom stereocenters. The van der Waals surface area contributed by atoms with E-state index in [-0.39, 0.29) is 18.0 Å². The molecule has 0 amide bonds. The number of H-pyrrole nitrogens is 1. The van der Waals surface area contributed by atoms with Gasteiger partial charge >= 0.3 is 0 Å². The van der Waals surface area contributed by atoms with Crippen molar-refractivity contribution in [2.45, 2.75) is 43.5 Å². The summed E-state index contributed by atoms with van der Waals surface area (Å²) in [6.45, 7) is -0.832. The van der Waals surface area contributed by atoms with Gasteiger partial charge in [-0.3, -0.25) is 5.10 Å². The second-order valence-corrected chi connectivity index (χ2v) is 6.94. The molecule has 2 N–H and O–H groups in total. The normalized spacial score (nSPS) is 23.0. The number of hydrogen-bond acceptors (Lipinski definition) is 5. The van der Waals surface area contributed by atoms with E-state index in [0.717, 1.165) is 5.39 Å². The number of ether oxygens (including phenoxy) is 1. The predicted octanol–water partition coefficient (Wildman–Crippen LogP) is 3.83. The number of aromatic nitrogens is 4. The Balaban J connectivity index is 1.33. The Morgan fingerprint density at radius 2 is 2.00 bits per heavy atom. The van der Waals surface area contributed by atoms with Crippen LogP contribution in [-0.2, 0) is 10.7 Å². The average Bonchev–Trinajstić information content (AvgIpc) is 3.18. The van der Waals surface area contributed by atoms with Gasteiger partial charge in [0.15, 0.2) is 5.65 Å². The summed E-state index contributed by atoms with van der Waals surface area (Å²) >= 11 is 0. The lowest BCUT2D eigenvalue weighted by molar-refractivity contribution is -0.126. The van der Waals surface area contributed by atoms with Crippen molar-refractivity contribution >= 4 is 16.9 Å². The quantitative estimate of drug-likeness (QED) is 0.668. The number of aromatic amines is 1. The lowest BCUT2D eigenvalue weighted by Gasteiger charge is -2.33. The van der Waals surface area contributed by atoms with Gasteiger partial charge in [0.2, 0.25) is 0 Å². The van der Waals surface area contributed by atoms with Gasteiger partial charge in [-0.1, -0.05) is 30.3 Å². The van der Waals surface area contributed by atoms with Crippen LogP contribution in [0.25, 0.3) is 11.0 Å². The lowest BCUT2D eigenvalue weighted by atomic mass is 9.91. The van der Waals surface area contributed by atoms with Gasteiger partial charge in [-0.05, 0) is 12.8 Å². The Bertz CT molecular complexity index is 920. The molecule has 0 saturated heterocycles. The highest BCUT2D eigenvalue weighted by Gasteiger charge is 2.37. The first-order chi connectivity index (χ1) is 13.5. The largest absolute Gasteiger partial charge is 0.369 e. The zero-order valence-electron chi connectivity index (χ0n) is 15.0. The molecule has 2 aromatic heterocycles. The molecule has 1 aliphatic rings. The Kier molecular flexibility index (Phi) is 5.17. The van der Waals surface area contributed by atoms with Crippen molar-refractivity contribution in [1.82, 2.24) is 20.2 Å². The highest BCUT2D eigenvalue weighted by atomic mass is 19.3. The van der Waals surface area contributed by atoms with Crippen molar-refractivity contribution in [2.24, 2.45) is 0 Å². The van der Waals surface area contributed by atoms with Gasteiger partial charge in [-0.15, -0.1) is 0 Å². The third kappa shape index (κ3) is 3.94. The molecule has 28 heavy (non-hydrogen) atoms. The maximum Gasteiger partial charge on any atom is 0.296 e. The molecule has 6 nitrogen and oxygen atoms in total. The number of nitrogens with zero attached hydrogens (tertiary/aromatic N) is 3. The van der Waals surface area contributed by atoms with Gasteiger partial charge in [-0.25, -0.2) is 14.4 Å². The highest BCUT2D eigenvalue weighted by molar-refractivity contribution is 5.85. The number of halogens is 3. The molecule has 0 spiro atoms. The summed E-state index contributed by atoms with van der Waals surface area (Å²) < 4.78 is 48.3. The van der Waals surface area contributed by atoms with Crippen LogP contribution >= 0.6 is 0 Å². The maximum atomic E-state index is 14.6. The Morgan fingerprint density at radius 3 is 2.79 bits per heavy atom. The Labute approximate surface area is 159 Å². The molecule has 1 saturated carbocycles. The zero-order chi connectivity index (χ0) is 19.6. The van der Waals surface area contributed by atoms with Crippen LogP contribution in [0.3, 0.4) is 0 Å². The number of benzene rings is 1.